The van der Waals surface area contributed by atoms with Crippen LogP contribution in [0.15, 0.2) is 65.1 Å². The Labute approximate surface area is 95.0 Å². The molecule has 0 N–H and O–H groups in total. The van der Waals surface area contributed by atoms with Crippen LogP contribution in [0.5, 0.6) is 0 Å². The minimum atomic E-state index is 0.902. The largest absolute Gasteiger partial charge is 0.219 e. The van der Waals surface area contributed by atoms with Crippen molar-refractivity contribution >= 4 is 18.5 Å². The Morgan fingerprint density at radius 1 is 0.733 bits per heavy atom. The van der Waals surface area contributed by atoms with Crippen molar-refractivity contribution in [3.63, 3.8) is 0 Å². The fraction of sp³-hybridized carbons (Fsp3) is 0. The highest BCUT2D eigenvalue weighted by molar-refractivity contribution is 7.79. The van der Waals surface area contributed by atoms with Gasteiger partial charge in [-0.3, -0.25) is 0 Å². The Balaban J connectivity index is 2.44. The van der Waals surface area contributed by atoms with Crippen molar-refractivity contribution in [1.82, 2.24) is 0 Å². The van der Waals surface area contributed by atoms with Crippen molar-refractivity contribution in [3.8, 4) is 0 Å². The van der Waals surface area contributed by atoms with Crippen molar-refractivity contribution in [2.45, 2.75) is 0 Å². The van der Waals surface area contributed by atoms with Gasteiger partial charge in [0.2, 0.25) is 0 Å². The summed E-state index contributed by atoms with van der Waals surface area (Å²) in [5, 5.41) is 0. The maximum Gasteiger partial charge on any atom is 0.0854 e. The molecule has 0 aliphatic carbocycles. The molecule has 0 amide bonds. The van der Waals surface area contributed by atoms with E-state index in [1.54, 1.807) is 0 Å². The van der Waals surface area contributed by atoms with E-state index in [1.165, 1.54) is 0 Å². The number of benzene rings is 2. The van der Waals surface area contributed by atoms with E-state index in [2.05, 4.69) is 17.2 Å². The van der Waals surface area contributed by atoms with Crippen LogP contribution in [0.4, 0.5) is 0 Å². The predicted molar refractivity (Wildman–Crippen MR) is 67.5 cm³/mol. The summed E-state index contributed by atoms with van der Waals surface area (Å²) in [6, 6.07) is 20.1. The molecule has 0 saturated carbocycles. The molecule has 2 heteroatoms. The van der Waals surface area contributed by atoms with Crippen molar-refractivity contribution < 1.29 is 0 Å². The molecule has 0 radical (unpaired) electrons. The molecule has 2 rings (SSSR count). The van der Waals surface area contributed by atoms with Gasteiger partial charge in [0.25, 0.3) is 0 Å². The molecule has 0 fully saturated rings. The van der Waals surface area contributed by atoms with Crippen LogP contribution in [-0.4, -0.2) is 5.71 Å². The first-order valence-electron chi connectivity index (χ1n) is 4.74. The van der Waals surface area contributed by atoms with Gasteiger partial charge in [-0.15, -0.1) is 0 Å². The van der Waals surface area contributed by atoms with Crippen LogP contribution in [0.2, 0.25) is 0 Å². The summed E-state index contributed by atoms with van der Waals surface area (Å²) in [4.78, 5) is 0. The number of thiol groups is 1. The van der Waals surface area contributed by atoms with Gasteiger partial charge < -0.3 is 0 Å². The van der Waals surface area contributed by atoms with Gasteiger partial charge in [-0.1, -0.05) is 60.7 Å². The van der Waals surface area contributed by atoms with Gasteiger partial charge in [0.05, 0.1) is 5.71 Å². The molecule has 0 aliphatic rings. The Morgan fingerprint density at radius 3 is 1.47 bits per heavy atom. The van der Waals surface area contributed by atoms with Gasteiger partial charge >= 0.3 is 0 Å². The summed E-state index contributed by atoms with van der Waals surface area (Å²) < 4.78 is 4.04. The van der Waals surface area contributed by atoms with Gasteiger partial charge in [0.15, 0.2) is 0 Å². The first-order valence-corrected chi connectivity index (χ1v) is 5.14. The monoisotopic (exact) mass is 213 g/mol. The van der Waals surface area contributed by atoms with E-state index in [-0.39, 0.29) is 0 Å². The highest BCUT2D eigenvalue weighted by atomic mass is 32.1. The maximum absolute atomic E-state index is 4.04. The SMILES string of the molecule is SN=C(c1ccccc1)c1ccccc1. The maximum atomic E-state index is 4.04. The second-order valence-corrected chi connectivity index (χ2v) is 3.38. The summed E-state index contributed by atoms with van der Waals surface area (Å²) in [5.41, 5.74) is 3.07. The lowest BCUT2D eigenvalue weighted by Crippen LogP contribution is -2.01. The molecule has 1 nitrogen and oxygen atoms in total. The highest BCUT2D eigenvalue weighted by Crippen LogP contribution is 2.11. The molecule has 0 atom stereocenters. The molecule has 2 aromatic rings. The van der Waals surface area contributed by atoms with Crippen LogP contribution in [-0.2, 0) is 0 Å². The van der Waals surface area contributed by atoms with E-state index in [1.807, 2.05) is 60.7 Å². The first kappa shape index (κ1) is 9.99. The molecule has 0 unspecified atom stereocenters. The third-order valence-corrected chi connectivity index (χ3v) is 2.39. The summed E-state index contributed by atoms with van der Waals surface area (Å²) in [7, 11) is 0. The van der Waals surface area contributed by atoms with E-state index < -0.39 is 0 Å². The molecule has 0 aromatic heterocycles. The normalized spacial score (nSPS) is 9.67. The van der Waals surface area contributed by atoms with E-state index in [0.717, 1.165) is 16.8 Å². The van der Waals surface area contributed by atoms with E-state index in [0.29, 0.717) is 0 Å². The summed E-state index contributed by atoms with van der Waals surface area (Å²) >= 11 is 4.03. The van der Waals surface area contributed by atoms with Crippen LogP contribution in [0.25, 0.3) is 0 Å². The Morgan fingerprint density at radius 2 is 1.13 bits per heavy atom. The second-order valence-electron chi connectivity index (χ2n) is 3.18. The average molecular weight is 213 g/mol. The van der Waals surface area contributed by atoms with Crippen molar-refractivity contribution in [2.75, 3.05) is 0 Å². The molecule has 0 spiro atoms. The lowest BCUT2D eigenvalue weighted by molar-refractivity contribution is 1.58. The molecule has 0 heterocycles. The van der Waals surface area contributed by atoms with Gasteiger partial charge in [0, 0.05) is 11.1 Å². The average Bonchev–Trinajstić information content (AvgIpc) is 2.33. The molecule has 0 aliphatic heterocycles. The van der Waals surface area contributed by atoms with Crippen LogP contribution in [0.1, 0.15) is 11.1 Å². The molecule has 0 bridgehead atoms. The topological polar surface area (TPSA) is 12.4 Å². The zero-order chi connectivity index (χ0) is 10.5. The van der Waals surface area contributed by atoms with Crippen molar-refractivity contribution in [2.24, 2.45) is 4.40 Å². The van der Waals surface area contributed by atoms with Crippen LogP contribution >= 0.6 is 12.8 Å². The summed E-state index contributed by atoms with van der Waals surface area (Å²) in [5.74, 6) is 0. The van der Waals surface area contributed by atoms with Gasteiger partial charge in [-0.25, -0.2) is 4.40 Å². The Hall–Kier alpha value is -1.54. The molecule has 2 aromatic carbocycles. The van der Waals surface area contributed by atoms with Gasteiger partial charge in [-0.05, 0) is 12.8 Å². The van der Waals surface area contributed by atoms with Gasteiger partial charge in [0.1, 0.15) is 0 Å². The smallest absolute Gasteiger partial charge is 0.0854 e. The third-order valence-electron chi connectivity index (χ3n) is 2.19. The minimum Gasteiger partial charge on any atom is -0.219 e. The fourth-order valence-corrected chi connectivity index (χ4v) is 1.71. The first-order chi connectivity index (χ1) is 7.42. The zero-order valence-corrected chi connectivity index (χ0v) is 9.06. The molecule has 74 valence electrons. The molecular weight excluding hydrogens is 202 g/mol. The van der Waals surface area contributed by atoms with E-state index >= 15 is 0 Å². The summed E-state index contributed by atoms with van der Waals surface area (Å²) in [6.07, 6.45) is 0. The van der Waals surface area contributed by atoms with Crippen LogP contribution in [0, 0.1) is 0 Å². The van der Waals surface area contributed by atoms with E-state index in [4.69, 9.17) is 0 Å². The highest BCUT2D eigenvalue weighted by Gasteiger charge is 2.04. The van der Waals surface area contributed by atoms with Crippen molar-refractivity contribution in [3.05, 3.63) is 71.8 Å². The number of rotatable bonds is 2. The van der Waals surface area contributed by atoms with Crippen LogP contribution < -0.4 is 0 Å². The van der Waals surface area contributed by atoms with Gasteiger partial charge in [-0.2, -0.15) is 0 Å². The number of hydrogen-bond donors (Lipinski definition) is 1. The second kappa shape index (κ2) is 4.80. The lowest BCUT2D eigenvalue weighted by atomic mass is 10.0. The zero-order valence-electron chi connectivity index (χ0n) is 8.17. The predicted octanol–water partition coefficient (Wildman–Crippen LogP) is 3.37. The standard InChI is InChI=1S/C13H11NS/c15-14-13(11-7-3-1-4-8-11)12-9-5-2-6-10-12/h1-10,15H. The molecule has 0 saturated heterocycles. The van der Waals surface area contributed by atoms with Crippen LogP contribution in [0.3, 0.4) is 0 Å². The van der Waals surface area contributed by atoms with E-state index in [9.17, 15) is 0 Å². The minimum absolute atomic E-state index is 0.902. The number of hydrogen-bond acceptors (Lipinski definition) is 2. The Bertz CT molecular complexity index is 407. The summed E-state index contributed by atoms with van der Waals surface area (Å²) in [6.45, 7) is 0. The third kappa shape index (κ3) is 2.28. The molecular formula is C13H11NS. The lowest BCUT2D eigenvalue weighted by Gasteiger charge is -2.04. The van der Waals surface area contributed by atoms with Crippen molar-refractivity contribution in [1.29, 1.82) is 0 Å². The Kier molecular flexibility index (Phi) is 3.20. The fourth-order valence-electron chi connectivity index (χ4n) is 1.47. The molecule has 15 heavy (non-hydrogen) atoms. The number of nitrogens with zero attached hydrogens (tertiary/aromatic N) is 1. The quantitative estimate of drug-likeness (QED) is 0.580.